The Morgan fingerprint density at radius 1 is 1.28 bits per heavy atom. The SMILES string of the molecule is Cc1ccc(OCc2cccc(F)c2)c(CN)n1. The summed E-state index contributed by atoms with van der Waals surface area (Å²) in [5.41, 5.74) is 8.00. The zero-order valence-corrected chi connectivity index (χ0v) is 10.2. The van der Waals surface area contributed by atoms with Crippen molar-refractivity contribution < 1.29 is 9.13 Å². The predicted octanol–water partition coefficient (Wildman–Crippen LogP) is 2.57. The Labute approximate surface area is 105 Å². The quantitative estimate of drug-likeness (QED) is 0.902. The summed E-state index contributed by atoms with van der Waals surface area (Å²) in [6.45, 7) is 2.52. The van der Waals surface area contributed by atoms with E-state index in [0.29, 0.717) is 24.6 Å². The second-order valence-electron chi connectivity index (χ2n) is 4.02. The van der Waals surface area contributed by atoms with Crippen LogP contribution in [0, 0.1) is 12.7 Å². The summed E-state index contributed by atoms with van der Waals surface area (Å²) in [5, 5.41) is 0. The van der Waals surface area contributed by atoms with Crippen LogP contribution in [0.4, 0.5) is 4.39 Å². The van der Waals surface area contributed by atoms with E-state index in [-0.39, 0.29) is 5.82 Å². The number of aromatic nitrogens is 1. The van der Waals surface area contributed by atoms with E-state index in [1.807, 2.05) is 25.1 Å². The monoisotopic (exact) mass is 246 g/mol. The van der Waals surface area contributed by atoms with E-state index in [2.05, 4.69) is 4.98 Å². The van der Waals surface area contributed by atoms with Crippen LogP contribution < -0.4 is 10.5 Å². The largest absolute Gasteiger partial charge is 0.487 e. The second kappa shape index (κ2) is 5.60. The first-order valence-electron chi connectivity index (χ1n) is 5.73. The number of pyridine rings is 1. The number of nitrogens with two attached hydrogens (primary N) is 1. The second-order valence-corrected chi connectivity index (χ2v) is 4.02. The molecule has 0 saturated heterocycles. The minimum absolute atomic E-state index is 0.267. The molecule has 0 fully saturated rings. The Bertz CT molecular complexity index is 543. The molecule has 1 aromatic carbocycles. The van der Waals surface area contributed by atoms with E-state index in [4.69, 9.17) is 10.5 Å². The Hall–Kier alpha value is -1.94. The fourth-order valence-corrected chi connectivity index (χ4v) is 1.66. The van der Waals surface area contributed by atoms with E-state index in [1.54, 1.807) is 6.07 Å². The summed E-state index contributed by atoms with van der Waals surface area (Å²) in [4.78, 5) is 4.30. The highest BCUT2D eigenvalue weighted by Crippen LogP contribution is 2.18. The van der Waals surface area contributed by atoms with E-state index < -0.39 is 0 Å². The molecule has 0 atom stereocenters. The molecule has 1 heterocycles. The lowest BCUT2D eigenvalue weighted by Gasteiger charge is -2.10. The Kier molecular flexibility index (Phi) is 3.89. The first-order valence-corrected chi connectivity index (χ1v) is 5.73. The highest BCUT2D eigenvalue weighted by molar-refractivity contribution is 5.29. The maximum Gasteiger partial charge on any atom is 0.142 e. The van der Waals surface area contributed by atoms with Gasteiger partial charge < -0.3 is 10.5 Å². The van der Waals surface area contributed by atoms with Crippen LogP contribution in [0.5, 0.6) is 5.75 Å². The molecule has 4 heteroatoms. The average molecular weight is 246 g/mol. The molecule has 0 aliphatic rings. The number of halogens is 1. The van der Waals surface area contributed by atoms with Crippen LogP contribution in [0.25, 0.3) is 0 Å². The van der Waals surface area contributed by atoms with Gasteiger partial charge >= 0.3 is 0 Å². The van der Waals surface area contributed by atoms with Crippen molar-refractivity contribution in [2.45, 2.75) is 20.1 Å². The van der Waals surface area contributed by atoms with Gasteiger partial charge in [-0.3, -0.25) is 4.98 Å². The van der Waals surface area contributed by atoms with Gasteiger partial charge in [-0.05, 0) is 36.8 Å². The molecule has 0 spiro atoms. The van der Waals surface area contributed by atoms with Crippen LogP contribution in [0.2, 0.25) is 0 Å². The summed E-state index contributed by atoms with van der Waals surface area (Å²) in [5.74, 6) is 0.379. The van der Waals surface area contributed by atoms with E-state index in [1.165, 1.54) is 12.1 Å². The minimum atomic E-state index is -0.267. The van der Waals surface area contributed by atoms with Gasteiger partial charge in [0.25, 0.3) is 0 Å². The predicted molar refractivity (Wildman–Crippen MR) is 67.6 cm³/mol. The van der Waals surface area contributed by atoms with Gasteiger partial charge in [0.05, 0.1) is 5.69 Å². The molecule has 94 valence electrons. The van der Waals surface area contributed by atoms with Crippen LogP contribution in [0.3, 0.4) is 0 Å². The summed E-state index contributed by atoms with van der Waals surface area (Å²) in [7, 11) is 0. The molecule has 0 radical (unpaired) electrons. The van der Waals surface area contributed by atoms with Crippen LogP contribution in [0.15, 0.2) is 36.4 Å². The van der Waals surface area contributed by atoms with Crippen molar-refractivity contribution in [2.75, 3.05) is 0 Å². The molecule has 0 aliphatic carbocycles. The van der Waals surface area contributed by atoms with E-state index in [0.717, 1.165) is 11.3 Å². The highest BCUT2D eigenvalue weighted by Gasteiger charge is 2.05. The Balaban J connectivity index is 2.10. The molecule has 2 aromatic rings. The summed E-state index contributed by atoms with van der Waals surface area (Å²) in [6, 6.07) is 10.0. The number of benzene rings is 1. The fourth-order valence-electron chi connectivity index (χ4n) is 1.66. The van der Waals surface area contributed by atoms with Crippen molar-refractivity contribution >= 4 is 0 Å². The molecule has 0 unspecified atom stereocenters. The van der Waals surface area contributed by atoms with Crippen molar-refractivity contribution in [1.82, 2.24) is 4.98 Å². The minimum Gasteiger partial charge on any atom is -0.487 e. The van der Waals surface area contributed by atoms with Gasteiger partial charge in [0.2, 0.25) is 0 Å². The molecule has 0 saturated carbocycles. The van der Waals surface area contributed by atoms with Crippen LogP contribution >= 0.6 is 0 Å². The van der Waals surface area contributed by atoms with Gasteiger partial charge in [-0.1, -0.05) is 12.1 Å². The van der Waals surface area contributed by atoms with E-state index in [9.17, 15) is 4.39 Å². The smallest absolute Gasteiger partial charge is 0.142 e. The standard InChI is InChI=1S/C14H15FN2O/c1-10-5-6-14(13(8-16)17-10)18-9-11-3-2-4-12(15)7-11/h2-7H,8-9,16H2,1H3. The zero-order chi connectivity index (χ0) is 13.0. The summed E-state index contributed by atoms with van der Waals surface area (Å²) < 4.78 is 18.6. The van der Waals surface area contributed by atoms with Crippen molar-refractivity contribution in [3.8, 4) is 5.75 Å². The average Bonchev–Trinajstić information content (AvgIpc) is 2.37. The first-order chi connectivity index (χ1) is 8.69. The lowest BCUT2D eigenvalue weighted by atomic mass is 10.2. The van der Waals surface area contributed by atoms with Crippen molar-refractivity contribution in [3.05, 3.63) is 59.2 Å². The normalized spacial score (nSPS) is 10.4. The molecule has 0 amide bonds. The molecular weight excluding hydrogens is 231 g/mol. The topological polar surface area (TPSA) is 48.1 Å². The molecule has 2 rings (SSSR count). The van der Waals surface area contributed by atoms with Gasteiger partial charge in [-0.25, -0.2) is 4.39 Å². The third-order valence-electron chi connectivity index (χ3n) is 2.55. The number of nitrogens with zero attached hydrogens (tertiary/aromatic N) is 1. The number of hydrogen-bond donors (Lipinski definition) is 1. The van der Waals surface area contributed by atoms with Crippen LogP contribution in [-0.4, -0.2) is 4.98 Å². The van der Waals surface area contributed by atoms with Crippen molar-refractivity contribution in [2.24, 2.45) is 5.73 Å². The maximum atomic E-state index is 13.0. The molecule has 1 aromatic heterocycles. The van der Waals surface area contributed by atoms with Crippen LogP contribution in [-0.2, 0) is 13.2 Å². The summed E-state index contributed by atoms with van der Waals surface area (Å²) in [6.07, 6.45) is 0. The molecule has 0 aliphatic heterocycles. The van der Waals surface area contributed by atoms with Crippen molar-refractivity contribution in [3.63, 3.8) is 0 Å². The molecule has 3 nitrogen and oxygen atoms in total. The summed E-state index contributed by atoms with van der Waals surface area (Å²) >= 11 is 0. The van der Waals surface area contributed by atoms with Gasteiger partial charge in [-0.15, -0.1) is 0 Å². The number of rotatable bonds is 4. The van der Waals surface area contributed by atoms with E-state index >= 15 is 0 Å². The maximum absolute atomic E-state index is 13.0. The number of aryl methyl sites for hydroxylation is 1. The van der Waals surface area contributed by atoms with Crippen LogP contribution in [0.1, 0.15) is 17.0 Å². The lowest BCUT2D eigenvalue weighted by Crippen LogP contribution is -2.06. The molecular formula is C14H15FN2O. The number of hydrogen-bond acceptors (Lipinski definition) is 3. The van der Waals surface area contributed by atoms with Gasteiger partial charge in [0.15, 0.2) is 0 Å². The van der Waals surface area contributed by atoms with Gasteiger partial charge in [0, 0.05) is 12.2 Å². The molecule has 0 bridgehead atoms. The van der Waals surface area contributed by atoms with Crippen molar-refractivity contribution in [1.29, 1.82) is 0 Å². The highest BCUT2D eigenvalue weighted by atomic mass is 19.1. The number of ether oxygens (including phenoxy) is 1. The Morgan fingerprint density at radius 2 is 2.11 bits per heavy atom. The lowest BCUT2D eigenvalue weighted by molar-refractivity contribution is 0.300. The third kappa shape index (κ3) is 3.05. The molecule has 18 heavy (non-hydrogen) atoms. The third-order valence-corrected chi connectivity index (χ3v) is 2.55. The fraction of sp³-hybridized carbons (Fsp3) is 0.214. The molecule has 2 N–H and O–H groups in total. The Morgan fingerprint density at radius 3 is 2.83 bits per heavy atom. The first kappa shape index (κ1) is 12.5. The van der Waals surface area contributed by atoms with Gasteiger partial charge in [-0.2, -0.15) is 0 Å². The zero-order valence-electron chi connectivity index (χ0n) is 10.2. The van der Waals surface area contributed by atoms with Gasteiger partial charge in [0.1, 0.15) is 18.2 Å².